The van der Waals surface area contributed by atoms with Crippen LogP contribution in [0.3, 0.4) is 0 Å². The first-order chi connectivity index (χ1) is 7.56. The third-order valence-corrected chi connectivity index (χ3v) is 2.80. The molecule has 0 saturated carbocycles. The fourth-order valence-corrected chi connectivity index (χ4v) is 2.03. The Hall–Kier alpha value is -1.02. The molecular weight excluding hydrogens is 224 g/mol. The summed E-state index contributed by atoms with van der Waals surface area (Å²) in [6.07, 6.45) is 3.39. The lowest BCUT2D eigenvalue weighted by atomic mass is 10.0. The molecule has 0 saturated heterocycles. The second-order valence-electron chi connectivity index (χ2n) is 4.02. The van der Waals surface area contributed by atoms with Gasteiger partial charge in [-0.1, -0.05) is 31.4 Å². The van der Waals surface area contributed by atoms with E-state index in [4.69, 9.17) is 11.6 Å². The zero-order chi connectivity index (χ0) is 12.1. The Balaban J connectivity index is 2.83. The predicted molar refractivity (Wildman–Crippen MR) is 66.3 cm³/mol. The van der Waals surface area contributed by atoms with Gasteiger partial charge in [-0.3, -0.25) is 4.79 Å². The highest BCUT2D eigenvalue weighted by atomic mass is 35.5. The van der Waals surface area contributed by atoms with Crippen molar-refractivity contribution >= 4 is 17.4 Å². The van der Waals surface area contributed by atoms with E-state index >= 15 is 0 Å². The molecule has 0 aliphatic rings. The van der Waals surface area contributed by atoms with E-state index in [1.54, 1.807) is 12.1 Å². The molecule has 2 nitrogen and oxygen atoms in total. The highest BCUT2D eigenvalue weighted by Gasteiger charge is 2.15. The molecule has 1 aromatic carbocycles. The number of unbranched alkanes of at least 4 members (excludes halogenated alkanes) is 2. The molecule has 0 radical (unpaired) electrons. The van der Waals surface area contributed by atoms with Gasteiger partial charge in [-0.15, -0.1) is 0 Å². The number of carbonyl (C=O) groups is 1. The van der Waals surface area contributed by atoms with Gasteiger partial charge in [0.05, 0.1) is 10.6 Å². The van der Waals surface area contributed by atoms with Crippen LogP contribution in [0.5, 0.6) is 5.75 Å². The average molecular weight is 241 g/mol. The number of hydrogen-bond acceptors (Lipinski definition) is 2. The van der Waals surface area contributed by atoms with Crippen molar-refractivity contribution < 1.29 is 9.90 Å². The SMILES string of the molecule is CCCCCC(=O)c1c(O)cc(C)cc1Cl. The zero-order valence-corrected chi connectivity index (χ0v) is 10.5. The first-order valence-corrected chi connectivity index (χ1v) is 5.96. The highest BCUT2D eigenvalue weighted by molar-refractivity contribution is 6.34. The molecule has 0 amide bonds. The third kappa shape index (κ3) is 3.24. The van der Waals surface area contributed by atoms with Gasteiger partial charge in [-0.2, -0.15) is 0 Å². The first-order valence-electron chi connectivity index (χ1n) is 5.58. The Morgan fingerprint density at radius 2 is 2.06 bits per heavy atom. The predicted octanol–water partition coefficient (Wildman–Crippen LogP) is 4.12. The Morgan fingerprint density at radius 3 is 2.62 bits per heavy atom. The van der Waals surface area contributed by atoms with E-state index in [0.717, 1.165) is 24.8 Å². The number of aryl methyl sites for hydroxylation is 1. The van der Waals surface area contributed by atoms with Gasteiger partial charge < -0.3 is 5.11 Å². The summed E-state index contributed by atoms with van der Waals surface area (Å²) >= 11 is 5.96. The Bertz CT molecular complexity index is 363. The molecular formula is C13H17ClO2. The van der Waals surface area contributed by atoms with Crippen LogP contribution in [0.4, 0.5) is 0 Å². The molecule has 0 spiro atoms. The van der Waals surface area contributed by atoms with Crippen LogP contribution in [0, 0.1) is 6.92 Å². The fourth-order valence-electron chi connectivity index (χ4n) is 1.66. The summed E-state index contributed by atoms with van der Waals surface area (Å²) in [5.74, 6) is -0.0811. The molecule has 0 aliphatic carbocycles. The second kappa shape index (κ2) is 5.90. The van der Waals surface area contributed by atoms with Crippen molar-refractivity contribution in [2.24, 2.45) is 0 Å². The smallest absolute Gasteiger partial charge is 0.168 e. The summed E-state index contributed by atoms with van der Waals surface area (Å²) < 4.78 is 0. The Kier molecular flexibility index (Phi) is 4.81. The molecule has 0 unspecified atom stereocenters. The van der Waals surface area contributed by atoms with Gasteiger partial charge in [0, 0.05) is 6.42 Å². The molecule has 1 rings (SSSR count). The second-order valence-corrected chi connectivity index (χ2v) is 4.43. The van der Waals surface area contributed by atoms with Gasteiger partial charge >= 0.3 is 0 Å². The van der Waals surface area contributed by atoms with Gasteiger partial charge in [0.15, 0.2) is 5.78 Å². The number of benzene rings is 1. The minimum atomic E-state index is -0.0732. The fraction of sp³-hybridized carbons (Fsp3) is 0.462. The molecule has 0 aromatic heterocycles. The van der Waals surface area contributed by atoms with Gasteiger partial charge in [-0.05, 0) is 31.0 Å². The van der Waals surface area contributed by atoms with Gasteiger partial charge in [-0.25, -0.2) is 0 Å². The molecule has 1 aromatic rings. The normalized spacial score (nSPS) is 10.4. The monoisotopic (exact) mass is 240 g/mol. The lowest BCUT2D eigenvalue weighted by molar-refractivity contribution is 0.0977. The van der Waals surface area contributed by atoms with Crippen LogP contribution in [-0.2, 0) is 0 Å². The number of hydrogen-bond donors (Lipinski definition) is 1. The number of halogens is 1. The quantitative estimate of drug-likeness (QED) is 0.621. The summed E-state index contributed by atoms with van der Waals surface area (Å²) in [5, 5.41) is 10.0. The van der Waals surface area contributed by atoms with Gasteiger partial charge in [0.2, 0.25) is 0 Å². The summed E-state index contributed by atoms with van der Waals surface area (Å²) in [6.45, 7) is 3.91. The van der Waals surface area contributed by atoms with E-state index in [1.165, 1.54) is 0 Å². The van der Waals surface area contributed by atoms with Crippen LogP contribution in [0.1, 0.15) is 48.5 Å². The summed E-state index contributed by atoms with van der Waals surface area (Å²) in [5.41, 5.74) is 1.12. The van der Waals surface area contributed by atoms with Crippen LogP contribution in [0.2, 0.25) is 5.02 Å². The number of ketones is 1. The highest BCUT2D eigenvalue weighted by Crippen LogP contribution is 2.29. The number of phenols is 1. The number of rotatable bonds is 5. The van der Waals surface area contributed by atoms with E-state index in [1.807, 2.05) is 6.92 Å². The van der Waals surface area contributed by atoms with Crippen molar-refractivity contribution in [3.8, 4) is 5.75 Å². The topological polar surface area (TPSA) is 37.3 Å². The molecule has 0 atom stereocenters. The Labute approximate surface area is 101 Å². The van der Waals surface area contributed by atoms with Crippen molar-refractivity contribution in [3.05, 3.63) is 28.3 Å². The maximum atomic E-state index is 11.8. The van der Waals surface area contributed by atoms with E-state index in [0.29, 0.717) is 11.4 Å². The van der Waals surface area contributed by atoms with E-state index < -0.39 is 0 Å². The number of phenolic OH excluding ortho intramolecular Hbond substituents is 1. The minimum absolute atomic E-state index is 0.00787. The third-order valence-electron chi connectivity index (χ3n) is 2.50. The van der Waals surface area contributed by atoms with E-state index in [2.05, 4.69) is 6.92 Å². The van der Waals surface area contributed by atoms with E-state index in [-0.39, 0.29) is 17.1 Å². The zero-order valence-electron chi connectivity index (χ0n) is 9.72. The number of aromatic hydroxyl groups is 1. The molecule has 0 fully saturated rings. The standard InChI is InChI=1S/C13H17ClO2/c1-3-4-5-6-11(15)13-10(14)7-9(2)8-12(13)16/h7-8,16H,3-6H2,1-2H3. The van der Waals surface area contributed by atoms with Crippen LogP contribution in [0.25, 0.3) is 0 Å². The van der Waals surface area contributed by atoms with Crippen LogP contribution in [0.15, 0.2) is 12.1 Å². The van der Waals surface area contributed by atoms with Crippen molar-refractivity contribution in [1.29, 1.82) is 0 Å². The molecule has 0 heterocycles. The maximum absolute atomic E-state index is 11.8. The lowest BCUT2D eigenvalue weighted by Gasteiger charge is -2.07. The number of Topliss-reactive ketones (excluding diaryl/α,β-unsaturated/α-hetero) is 1. The van der Waals surface area contributed by atoms with Gasteiger partial charge in [0.25, 0.3) is 0 Å². The molecule has 0 aliphatic heterocycles. The van der Waals surface area contributed by atoms with E-state index in [9.17, 15) is 9.90 Å². The maximum Gasteiger partial charge on any atom is 0.168 e. The van der Waals surface area contributed by atoms with Crippen LogP contribution in [-0.4, -0.2) is 10.9 Å². The van der Waals surface area contributed by atoms with Crippen molar-refractivity contribution in [2.45, 2.75) is 39.5 Å². The van der Waals surface area contributed by atoms with Crippen molar-refractivity contribution in [2.75, 3.05) is 0 Å². The van der Waals surface area contributed by atoms with Crippen LogP contribution < -0.4 is 0 Å². The van der Waals surface area contributed by atoms with Crippen molar-refractivity contribution in [1.82, 2.24) is 0 Å². The Morgan fingerprint density at radius 1 is 1.38 bits per heavy atom. The summed E-state index contributed by atoms with van der Waals surface area (Å²) in [6, 6.07) is 3.27. The molecule has 88 valence electrons. The molecule has 3 heteroatoms. The van der Waals surface area contributed by atoms with Gasteiger partial charge in [0.1, 0.15) is 5.75 Å². The lowest BCUT2D eigenvalue weighted by Crippen LogP contribution is -2.01. The van der Waals surface area contributed by atoms with Crippen molar-refractivity contribution in [3.63, 3.8) is 0 Å². The molecule has 1 N–H and O–H groups in total. The largest absolute Gasteiger partial charge is 0.507 e. The van der Waals surface area contributed by atoms with Crippen LogP contribution >= 0.6 is 11.6 Å². The molecule has 0 bridgehead atoms. The minimum Gasteiger partial charge on any atom is -0.507 e. The number of carbonyl (C=O) groups excluding carboxylic acids is 1. The summed E-state index contributed by atoms with van der Waals surface area (Å²) in [7, 11) is 0. The first kappa shape index (κ1) is 13.0. The molecule has 16 heavy (non-hydrogen) atoms. The average Bonchev–Trinajstić information content (AvgIpc) is 2.16. The summed E-state index contributed by atoms with van der Waals surface area (Å²) in [4.78, 5) is 11.8.